The maximum atomic E-state index is 13.4. The molecule has 1 aromatic heterocycles. The lowest BCUT2D eigenvalue weighted by molar-refractivity contribution is -0.387. The number of carbonyl (C=O) groups excluding carboxylic acids is 2. The van der Waals surface area contributed by atoms with Crippen molar-refractivity contribution in [3.05, 3.63) is 87.2 Å². The van der Waals surface area contributed by atoms with E-state index in [9.17, 15) is 28.5 Å². The molecule has 11 heteroatoms. The highest BCUT2D eigenvalue weighted by Gasteiger charge is 2.20. The molecule has 3 aromatic rings. The number of amides is 1. The van der Waals surface area contributed by atoms with Gasteiger partial charge in [0, 0.05) is 29.1 Å². The molecule has 1 amide bonds. The Morgan fingerprint density at radius 1 is 1.18 bits per heavy atom. The molecule has 1 atom stereocenters. The minimum atomic E-state index is -1.23. The van der Waals surface area contributed by atoms with Crippen molar-refractivity contribution in [2.45, 2.75) is 26.9 Å². The molecule has 3 rings (SSSR count). The normalized spacial score (nSPS) is 11.9. The highest BCUT2D eigenvalue weighted by Crippen LogP contribution is 2.22. The summed E-state index contributed by atoms with van der Waals surface area (Å²) in [5.74, 6) is -2.97. The number of nitro benzene ring substituents is 1. The van der Waals surface area contributed by atoms with Crippen molar-refractivity contribution in [3.8, 4) is 5.69 Å². The minimum Gasteiger partial charge on any atom is -0.449 e. The Kier molecular flexibility index (Phi) is 7.15. The highest BCUT2D eigenvalue weighted by molar-refractivity contribution is 5.96. The van der Waals surface area contributed by atoms with Gasteiger partial charge in [0.25, 0.3) is 5.91 Å². The van der Waals surface area contributed by atoms with E-state index in [1.807, 2.05) is 0 Å². The second-order valence-electron chi connectivity index (χ2n) is 7.30. The van der Waals surface area contributed by atoms with Crippen LogP contribution in [0.5, 0.6) is 0 Å². The Labute approximate surface area is 192 Å². The van der Waals surface area contributed by atoms with Crippen LogP contribution in [0, 0.1) is 35.6 Å². The van der Waals surface area contributed by atoms with Crippen molar-refractivity contribution in [1.29, 1.82) is 0 Å². The molecule has 0 saturated carbocycles. The number of esters is 1. The van der Waals surface area contributed by atoms with Gasteiger partial charge in [0.15, 0.2) is 6.10 Å². The molecule has 0 fully saturated rings. The highest BCUT2D eigenvalue weighted by atomic mass is 19.1. The van der Waals surface area contributed by atoms with Gasteiger partial charge in [-0.2, -0.15) is 9.49 Å². The molecular formula is C23H20F2N4O5. The summed E-state index contributed by atoms with van der Waals surface area (Å²) in [4.78, 5) is 34.4. The quantitative estimate of drug-likeness (QED) is 0.239. The van der Waals surface area contributed by atoms with Crippen molar-refractivity contribution in [1.82, 2.24) is 9.78 Å². The van der Waals surface area contributed by atoms with Crippen LogP contribution >= 0.6 is 0 Å². The van der Waals surface area contributed by atoms with Gasteiger partial charge in [0.2, 0.25) is 5.82 Å². The lowest BCUT2D eigenvalue weighted by atomic mass is 10.2. The van der Waals surface area contributed by atoms with Gasteiger partial charge in [0.05, 0.1) is 16.3 Å². The van der Waals surface area contributed by atoms with Gasteiger partial charge in [-0.1, -0.05) is 0 Å². The number of nitrogens with one attached hydrogen (secondary N) is 1. The number of aryl methyl sites for hydroxylation is 1. The lowest BCUT2D eigenvalue weighted by Gasteiger charge is -2.12. The summed E-state index contributed by atoms with van der Waals surface area (Å²) in [5.41, 5.74) is 1.81. The molecule has 0 aliphatic rings. The maximum Gasteiger partial charge on any atom is 0.331 e. The smallest absolute Gasteiger partial charge is 0.331 e. The third kappa shape index (κ3) is 5.49. The van der Waals surface area contributed by atoms with E-state index in [4.69, 9.17) is 4.74 Å². The number of rotatable bonds is 7. The molecule has 1 unspecified atom stereocenters. The Balaban J connectivity index is 1.66. The zero-order chi connectivity index (χ0) is 25.0. The largest absolute Gasteiger partial charge is 0.449 e. The second-order valence-corrected chi connectivity index (χ2v) is 7.30. The monoisotopic (exact) mass is 470 g/mol. The number of carbonyl (C=O) groups is 2. The summed E-state index contributed by atoms with van der Waals surface area (Å²) >= 11 is 0. The average molecular weight is 470 g/mol. The molecule has 0 spiro atoms. The summed E-state index contributed by atoms with van der Waals surface area (Å²) in [6, 6.07) is 8.65. The first-order valence-electron chi connectivity index (χ1n) is 10.0. The number of hydrogen-bond acceptors (Lipinski definition) is 6. The standard InChI is InChI=1S/C23H20F2N4O5/c1-13-19(14(2)28(27-13)18-7-4-16(24)5-8-18)9-11-22(30)34-15(3)23(31)26-17-6-10-20(25)21(12-17)29(32)33/h4-12,15H,1-3H3,(H,26,31)/b11-9+. The van der Waals surface area contributed by atoms with Crippen LogP contribution in [-0.2, 0) is 14.3 Å². The fraction of sp³-hybridized carbons (Fsp3) is 0.174. The first-order valence-corrected chi connectivity index (χ1v) is 10.0. The Bertz CT molecular complexity index is 1290. The predicted molar refractivity (Wildman–Crippen MR) is 119 cm³/mol. The number of benzene rings is 2. The van der Waals surface area contributed by atoms with Gasteiger partial charge in [-0.05, 0) is 63.2 Å². The number of aromatic nitrogens is 2. The molecule has 1 N–H and O–H groups in total. The molecular weight excluding hydrogens is 450 g/mol. The van der Waals surface area contributed by atoms with E-state index in [1.54, 1.807) is 30.7 Å². The summed E-state index contributed by atoms with van der Waals surface area (Å²) in [6.07, 6.45) is 1.40. The lowest BCUT2D eigenvalue weighted by Crippen LogP contribution is -2.29. The van der Waals surface area contributed by atoms with Crippen molar-refractivity contribution in [2.24, 2.45) is 0 Å². The molecule has 2 aromatic carbocycles. The van der Waals surface area contributed by atoms with E-state index in [-0.39, 0.29) is 11.5 Å². The van der Waals surface area contributed by atoms with Gasteiger partial charge in [-0.3, -0.25) is 14.9 Å². The fourth-order valence-corrected chi connectivity index (χ4v) is 3.12. The van der Waals surface area contributed by atoms with Crippen LogP contribution in [0.15, 0.2) is 48.5 Å². The first kappa shape index (κ1) is 24.2. The Morgan fingerprint density at radius 3 is 2.50 bits per heavy atom. The molecule has 9 nitrogen and oxygen atoms in total. The average Bonchev–Trinajstić information content (AvgIpc) is 3.07. The Morgan fingerprint density at radius 2 is 1.85 bits per heavy atom. The zero-order valence-electron chi connectivity index (χ0n) is 18.4. The van der Waals surface area contributed by atoms with Crippen LogP contribution in [0.3, 0.4) is 0 Å². The van der Waals surface area contributed by atoms with Gasteiger partial charge in [0.1, 0.15) is 5.82 Å². The summed E-state index contributed by atoms with van der Waals surface area (Å²) in [6.45, 7) is 4.85. The van der Waals surface area contributed by atoms with E-state index in [2.05, 4.69) is 10.4 Å². The molecule has 34 heavy (non-hydrogen) atoms. The maximum absolute atomic E-state index is 13.4. The third-order valence-corrected chi connectivity index (χ3v) is 4.88. The van der Waals surface area contributed by atoms with E-state index >= 15 is 0 Å². The number of hydrogen-bond donors (Lipinski definition) is 1. The van der Waals surface area contributed by atoms with E-state index < -0.39 is 34.4 Å². The minimum absolute atomic E-state index is 0.0176. The summed E-state index contributed by atoms with van der Waals surface area (Å²) in [5, 5.41) is 17.6. The summed E-state index contributed by atoms with van der Waals surface area (Å²) in [7, 11) is 0. The molecule has 0 saturated heterocycles. The zero-order valence-corrected chi connectivity index (χ0v) is 18.4. The second kappa shape index (κ2) is 10.0. The van der Waals surface area contributed by atoms with Crippen molar-refractivity contribution >= 4 is 29.3 Å². The van der Waals surface area contributed by atoms with E-state index in [0.717, 1.165) is 24.3 Å². The number of nitrogens with zero attached hydrogens (tertiary/aromatic N) is 3. The molecule has 0 bridgehead atoms. The van der Waals surface area contributed by atoms with Crippen LogP contribution < -0.4 is 5.32 Å². The van der Waals surface area contributed by atoms with Crippen molar-refractivity contribution in [2.75, 3.05) is 5.32 Å². The number of halogens is 2. The van der Waals surface area contributed by atoms with Crippen LogP contribution in [0.2, 0.25) is 0 Å². The van der Waals surface area contributed by atoms with E-state index in [0.29, 0.717) is 22.6 Å². The number of nitro groups is 1. The third-order valence-electron chi connectivity index (χ3n) is 4.88. The van der Waals surface area contributed by atoms with Gasteiger partial charge in [-0.25, -0.2) is 13.9 Å². The first-order chi connectivity index (χ1) is 16.1. The number of anilines is 1. The molecule has 176 valence electrons. The van der Waals surface area contributed by atoms with Crippen molar-refractivity contribution < 1.29 is 28.0 Å². The fourth-order valence-electron chi connectivity index (χ4n) is 3.12. The topological polar surface area (TPSA) is 116 Å². The van der Waals surface area contributed by atoms with E-state index in [1.165, 1.54) is 25.1 Å². The molecule has 0 aliphatic carbocycles. The number of ether oxygens (including phenoxy) is 1. The Hall–Kier alpha value is -4.41. The molecule has 0 aliphatic heterocycles. The van der Waals surface area contributed by atoms with Crippen LogP contribution in [0.4, 0.5) is 20.2 Å². The SMILES string of the molecule is Cc1nn(-c2ccc(F)cc2)c(C)c1/C=C/C(=O)OC(C)C(=O)Nc1ccc(F)c([N+](=O)[O-])c1. The van der Waals surface area contributed by atoms with Crippen molar-refractivity contribution in [3.63, 3.8) is 0 Å². The van der Waals surface area contributed by atoms with Gasteiger partial charge in [-0.15, -0.1) is 0 Å². The predicted octanol–water partition coefficient (Wildman–Crippen LogP) is 4.26. The van der Waals surface area contributed by atoms with Gasteiger partial charge < -0.3 is 10.1 Å². The van der Waals surface area contributed by atoms with Crippen LogP contribution in [-0.4, -0.2) is 32.7 Å². The molecule has 0 radical (unpaired) electrons. The molecule has 1 heterocycles. The summed E-state index contributed by atoms with van der Waals surface area (Å²) < 4.78 is 33.3. The van der Waals surface area contributed by atoms with Gasteiger partial charge >= 0.3 is 11.7 Å². The van der Waals surface area contributed by atoms with Crippen LogP contribution in [0.25, 0.3) is 11.8 Å². The van der Waals surface area contributed by atoms with Crippen LogP contribution in [0.1, 0.15) is 23.9 Å².